The van der Waals surface area contributed by atoms with Crippen LogP contribution in [0.25, 0.3) is 11.3 Å². The predicted octanol–water partition coefficient (Wildman–Crippen LogP) is 6.28. The van der Waals surface area contributed by atoms with E-state index in [1.54, 1.807) is 0 Å². The van der Waals surface area contributed by atoms with Crippen molar-refractivity contribution in [3.05, 3.63) is 53.7 Å². The molecule has 0 amide bonds. The number of aryl methyl sites for hydroxylation is 1. The fourth-order valence-electron chi connectivity index (χ4n) is 4.01. The Morgan fingerprint density at radius 2 is 1.62 bits per heavy atom. The number of benzene rings is 1. The van der Waals surface area contributed by atoms with Gasteiger partial charge in [0.25, 0.3) is 0 Å². The number of rotatable bonds is 8. The summed E-state index contributed by atoms with van der Waals surface area (Å²) in [6, 6.07) is 13.3. The molecule has 1 heterocycles. The fourth-order valence-corrected chi connectivity index (χ4v) is 4.01. The van der Waals surface area contributed by atoms with Gasteiger partial charge in [-0.3, -0.25) is 4.98 Å². The standard InChI is InChI=1S/C24H33NO/c1-2-3-4-5-6-7-19-8-17-24(25-18-19)22-11-9-20(10-12-22)21-13-15-23(26)16-14-21/h8-12,17-18,21,23,26H,2-7,13-16H2,1H3/t21-,23-. The van der Waals surface area contributed by atoms with Gasteiger partial charge in [-0.05, 0) is 61.6 Å². The smallest absolute Gasteiger partial charge is 0.0702 e. The Morgan fingerprint density at radius 3 is 2.27 bits per heavy atom. The van der Waals surface area contributed by atoms with E-state index in [1.807, 2.05) is 6.20 Å². The van der Waals surface area contributed by atoms with Gasteiger partial charge in [-0.2, -0.15) is 0 Å². The molecule has 1 aromatic carbocycles. The third kappa shape index (κ3) is 5.41. The summed E-state index contributed by atoms with van der Waals surface area (Å²) < 4.78 is 0. The van der Waals surface area contributed by atoms with Crippen LogP contribution in [-0.2, 0) is 6.42 Å². The molecule has 2 aromatic rings. The Labute approximate surface area is 158 Å². The highest BCUT2D eigenvalue weighted by Gasteiger charge is 2.20. The first-order valence-corrected chi connectivity index (χ1v) is 10.5. The summed E-state index contributed by atoms with van der Waals surface area (Å²) in [5, 5.41) is 9.67. The molecule has 1 aromatic heterocycles. The maximum absolute atomic E-state index is 9.67. The molecule has 140 valence electrons. The van der Waals surface area contributed by atoms with Crippen LogP contribution in [0.5, 0.6) is 0 Å². The first-order chi connectivity index (χ1) is 12.8. The number of unbranched alkanes of at least 4 members (excludes halogenated alkanes) is 4. The zero-order valence-corrected chi connectivity index (χ0v) is 16.2. The monoisotopic (exact) mass is 351 g/mol. The third-order valence-corrected chi connectivity index (χ3v) is 5.77. The molecule has 0 spiro atoms. The second-order valence-corrected chi connectivity index (χ2v) is 7.84. The van der Waals surface area contributed by atoms with E-state index in [2.05, 4.69) is 48.3 Å². The van der Waals surface area contributed by atoms with Crippen molar-refractivity contribution in [3.8, 4) is 11.3 Å². The van der Waals surface area contributed by atoms with Crippen molar-refractivity contribution in [1.82, 2.24) is 4.98 Å². The lowest BCUT2D eigenvalue weighted by molar-refractivity contribution is 0.122. The van der Waals surface area contributed by atoms with E-state index in [9.17, 15) is 5.11 Å². The van der Waals surface area contributed by atoms with Gasteiger partial charge in [-0.1, -0.05) is 62.9 Å². The molecule has 2 heteroatoms. The summed E-state index contributed by atoms with van der Waals surface area (Å²) in [4.78, 5) is 4.68. The van der Waals surface area contributed by atoms with Crippen LogP contribution in [0.2, 0.25) is 0 Å². The number of hydrogen-bond donors (Lipinski definition) is 1. The van der Waals surface area contributed by atoms with Crippen molar-refractivity contribution in [2.45, 2.75) is 83.2 Å². The maximum atomic E-state index is 9.67. The molecule has 26 heavy (non-hydrogen) atoms. The van der Waals surface area contributed by atoms with Crippen molar-refractivity contribution in [1.29, 1.82) is 0 Å². The molecule has 0 bridgehead atoms. The number of aliphatic hydroxyl groups excluding tert-OH is 1. The Bertz CT molecular complexity index is 639. The summed E-state index contributed by atoms with van der Waals surface area (Å²) >= 11 is 0. The van der Waals surface area contributed by atoms with E-state index in [4.69, 9.17) is 0 Å². The van der Waals surface area contributed by atoms with Crippen molar-refractivity contribution >= 4 is 0 Å². The van der Waals surface area contributed by atoms with E-state index >= 15 is 0 Å². The minimum atomic E-state index is -0.0834. The molecule has 0 aliphatic heterocycles. The summed E-state index contributed by atoms with van der Waals surface area (Å²) in [6.45, 7) is 2.26. The van der Waals surface area contributed by atoms with Crippen LogP contribution >= 0.6 is 0 Å². The molecular formula is C24H33NO. The summed E-state index contributed by atoms with van der Waals surface area (Å²) in [7, 11) is 0. The van der Waals surface area contributed by atoms with Crippen LogP contribution in [0, 0.1) is 0 Å². The Kier molecular flexibility index (Phi) is 7.25. The van der Waals surface area contributed by atoms with Crippen molar-refractivity contribution in [2.75, 3.05) is 0 Å². The Balaban J connectivity index is 1.54. The molecular weight excluding hydrogens is 318 g/mol. The van der Waals surface area contributed by atoms with Crippen LogP contribution in [-0.4, -0.2) is 16.2 Å². The summed E-state index contributed by atoms with van der Waals surface area (Å²) in [6.07, 6.45) is 13.8. The van der Waals surface area contributed by atoms with Gasteiger partial charge in [-0.15, -0.1) is 0 Å². The van der Waals surface area contributed by atoms with Gasteiger partial charge in [0.05, 0.1) is 11.8 Å². The maximum Gasteiger partial charge on any atom is 0.0702 e. The highest BCUT2D eigenvalue weighted by atomic mass is 16.3. The molecule has 0 radical (unpaired) electrons. The first-order valence-electron chi connectivity index (χ1n) is 10.5. The largest absolute Gasteiger partial charge is 0.393 e. The quantitative estimate of drug-likeness (QED) is 0.568. The Hall–Kier alpha value is -1.67. The molecule has 2 nitrogen and oxygen atoms in total. The van der Waals surface area contributed by atoms with Gasteiger partial charge in [-0.25, -0.2) is 0 Å². The lowest BCUT2D eigenvalue weighted by Gasteiger charge is -2.25. The van der Waals surface area contributed by atoms with Crippen LogP contribution in [0.3, 0.4) is 0 Å². The molecule has 1 aliphatic carbocycles. The number of pyridine rings is 1. The first kappa shape index (κ1) is 19.1. The highest BCUT2D eigenvalue weighted by Crippen LogP contribution is 2.33. The molecule has 0 atom stereocenters. The van der Waals surface area contributed by atoms with E-state index in [0.717, 1.165) is 37.8 Å². The lowest BCUT2D eigenvalue weighted by Crippen LogP contribution is -2.16. The topological polar surface area (TPSA) is 33.1 Å². The van der Waals surface area contributed by atoms with Gasteiger partial charge in [0, 0.05) is 11.8 Å². The number of aromatic nitrogens is 1. The zero-order valence-electron chi connectivity index (χ0n) is 16.2. The van der Waals surface area contributed by atoms with Crippen molar-refractivity contribution in [3.63, 3.8) is 0 Å². The molecule has 1 fully saturated rings. The lowest BCUT2D eigenvalue weighted by atomic mass is 9.82. The second-order valence-electron chi connectivity index (χ2n) is 7.84. The number of aliphatic hydroxyl groups is 1. The average Bonchev–Trinajstić information content (AvgIpc) is 2.69. The minimum Gasteiger partial charge on any atom is -0.393 e. The van der Waals surface area contributed by atoms with E-state index < -0.39 is 0 Å². The highest BCUT2D eigenvalue weighted by molar-refractivity contribution is 5.59. The average molecular weight is 352 g/mol. The third-order valence-electron chi connectivity index (χ3n) is 5.77. The zero-order chi connectivity index (χ0) is 18.2. The molecule has 3 rings (SSSR count). The minimum absolute atomic E-state index is 0.0834. The van der Waals surface area contributed by atoms with Crippen molar-refractivity contribution < 1.29 is 5.11 Å². The SMILES string of the molecule is CCCCCCCc1ccc(-c2ccc([C@H]3CC[C@H](O)CC3)cc2)nc1. The van der Waals surface area contributed by atoms with E-state index in [1.165, 1.54) is 48.8 Å². The molecule has 1 saturated carbocycles. The van der Waals surface area contributed by atoms with Crippen LogP contribution in [0.1, 0.15) is 81.8 Å². The van der Waals surface area contributed by atoms with E-state index in [-0.39, 0.29) is 6.10 Å². The van der Waals surface area contributed by atoms with Gasteiger partial charge < -0.3 is 5.11 Å². The van der Waals surface area contributed by atoms with Crippen molar-refractivity contribution in [2.24, 2.45) is 0 Å². The van der Waals surface area contributed by atoms with Crippen LogP contribution < -0.4 is 0 Å². The summed E-state index contributed by atoms with van der Waals surface area (Å²) in [5.74, 6) is 0.607. The number of hydrogen-bond acceptors (Lipinski definition) is 2. The van der Waals surface area contributed by atoms with Gasteiger partial charge in [0.1, 0.15) is 0 Å². The fraction of sp³-hybridized carbons (Fsp3) is 0.542. The summed E-state index contributed by atoms with van der Waals surface area (Å²) in [5.41, 5.74) is 5.01. The normalized spacial score (nSPS) is 20.2. The van der Waals surface area contributed by atoms with Gasteiger partial charge in [0.15, 0.2) is 0 Å². The molecule has 1 N–H and O–H groups in total. The van der Waals surface area contributed by atoms with Gasteiger partial charge >= 0.3 is 0 Å². The van der Waals surface area contributed by atoms with Gasteiger partial charge in [0.2, 0.25) is 0 Å². The number of nitrogens with zero attached hydrogens (tertiary/aromatic N) is 1. The second kappa shape index (κ2) is 9.87. The molecule has 0 unspecified atom stereocenters. The van der Waals surface area contributed by atoms with E-state index in [0.29, 0.717) is 5.92 Å². The van der Waals surface area contributed by atoms with Crippen LogP contribution in [0.4, 0.5) is 0 Å². The Morgan fingerprint density at radius 1 is 0.885 bits per heavy atom. The molecule has 0 saturated heterocycles. The molecule has 1 aliphatic rings. The van der Waals surface area contributed by atoms with Crippen LogP contribution in [0.15, 0.2) is 42.6 Å². The predicted molar refractivity (Wildman–Crippen MR) is 109 cm³/mol.